The summed E-state index contributed by atoms with van der Waals surface area (Å²) >= 11 is 0. The van der Waals surface area contributed by atoms with Crippen molar-refractivity contribution in [1.82, 2.24) is 16.0 Å². The molecule has 0 radical (unpaired) electrons. The number of rotatable bonds is 14. The zero-order chi connectivity index (χ0) is 23.3. The summed E-state index contributed by atoms with van der Waals surface area (Å²) in [5.74, 6) is -5.55. The number of nitrogens with zero attached hydrogens (tertiary/aromatic N) is 1. The van der Waals surface area contributed by atoms with Gasteiger partial charge < -0.3 is 48.5 Å². The Labute approximate surface area is 171 Å². The maximum atomic E-state index is 12.1. The van der Waals surface area contributed by atoms with Gasteiger partial charge in [0.05, 0.1) is 25.6 Å². The normalized spacial score (nSPS) is 13.3. The number of carbonyl (C=O) groups excluding carboxylic acids is 3. The molecule has 0 aliphatic carbocycles. The maximum Gasteiger partial charge on any atom is 0.326 e. The number of hydrogen-bond acceptors (Lipinski definition) is 8. The van der Waals surface area contributed by atoms with Crippen molar-refractivity contribution in [1.29, 1.82) is 0 Å². The molecule has 3 amide bonds. The third kappa shape index (κ3) is 11.4. The van der Waals surface area contributed by atoms with Crippen LogP contribution in [0.3, 0.4) is 0 Å². The van der Waals surface area contributed by atoms with Gasteiger partial charge in [-0.1, -0.05) is 0 Å². The second kappa shape index (κ2) is 13.7. The molecule has 0 aromatic heterocycles. The average Bonchev–Trinajstić information content (AvgIpc) is 2.65. The summed E-state index contributed by atoms with van der Waals surface area (Å²) in [5, 5.41) is 33.4. The highest BCUT2D eigenvalue weighted by molar-refractivity contribution is 5.93. The molecule has 0 heterocycles. The van der Waals surface area contributed by atoms with E-state index in [0.717, 1.165) is 0 Å². The maximum absolute atomic E-state index is 12.1. The van der Waals surface area contributed by atoms with Gasteiger partial charge in [-0.05, 0) is 12.8 Å². The van der Waals surface area contributed by atoms with Crippen molar-refractivity contribution >= 4 is 35.6 Å². The van der Waals surface area contributed by atoms with Gasteiger partial charge in [0, 0.05) is 6.54 Å². The highest BCUT2D eigenvalue weighted by Crippen LogP contribution is 2.00. The lowest BCUT2D eigenvalue weighted by Gasteiger charge is -2.20. The van der Waals surface area contributed by atoms with E-state index in [2.05, 4.69) is 20.9 Å². The van der Waals surface area contributed by atoms with Crippen LogP contribution < -0.4 is 33.2 Å². The first-order valence-corrected chi connectivity index (χ1v) is 8.71. The van der Waals surface area contributed by atoms with Gasteiger partial charge in [0.15, 0.2) is 5.96 Å². The highest BCUT2D eigenvalue weighted by atomic mass is 16.4. The summed E-state index contributed by atoms with van der Waals surface area (Å²) in [6.07, 6.45) is -0.412. The Morgan fingerprint density at radius 3 is 2.10 bits per heavy atom. The SMILES string of the molecule is NC(N)=NCCCC(NC(=O)C(CO)NC(=O)CNC(=O)C(N)CC(=O)O)C(=O)O. The first-order valence-electron chi connectivity index (χ1n) is 8.71. The number of nitrogens with one attached hydrogen (secondary N) is 3. The van der Waals surface area contributed by atoms with Gasteiger partial charge >= 0.3 is 11.9 Å². The standard InChI is InChI=1S/C15H27N7O8/c16-7(4-11(25)26)12(27)20-5-10(24)21-9(6-23)13(28)22-8(14(29)30)2-1-3-19-15(17)18/h7-9,23H,1-6,16H2,(H,20,27)(H,21,24)(H,22,28)(H,25,26)(H,29,30)(H4,17,18,19). The minimum Gasteiger partial charge on any atom is -0.481 e. The van der Waals surface area contributed by atoms with E-state index in [4.69, 9.17) is 22.3 Å². The van der Waals surface area contributed by atoms with E-state index in [1.165, 1.54) is 0 Å². The van der Waals surface area contributed by atoms with Crippen molar-refractivity contribution in [2.45, 2.75) is 37.4 Å². The molecule has 0 aliphatic rings. The van der Waals surface area contributed by atoms with E-state index >= 15 is 0 Å². The number of nitrogens with two attached hydrogens (primary N) is 3. The number of hydrogen-bond donors (Lipinski definition) is 9. The molecule has 3 atom stereocenters. The molecule has 12 N–H and O–H groups in total. The Morgan fingerprint density at radius 2 is 1.60 bits per heavy atom. The van der Waals surface area contributed by atoms with Gasteiger partial charge in [-0.2, -0.15) is 0 Å². The first kappa shape index (κ1) is 26.5. The number of aliphatic carboxylic acids is 2. The molecular weight excluding hydrogens is 406 g/mol. The fourth-order valence-electron chi connectivity index (χ4n) is 2.05. The van der Waals surface area contributed by atoms with E-state index in [1.54, 1.807) is 0 Å². The number of amides is 3. The van der Waals surface area contributed by atoms with Gasteiger partial charge in [-0.15, -0.1) is 0 Å². The Morgan fingerprint density at radius 1 is 0.967 bits per heavy atom. The van der Waals surface area contributed by atoms with Crippen LogP contribution in [-0.2, 0) is 24.0 Å². The first-order chi connectivity index (χ1) is 14.0. The molecule has 15 heteroatoms. The van der Waals surface area contributed by atoms with Gasteiger partial charge in [-0.3, -0.25) is 24.2 Å². The van der Waals surface area contributed by atoms with Crippen molar-refractivity contribution in [3.05, 3.63) is 0 Å². The van der Waals surface area contributed by atoms with Gasteiger partial charge in [0.2, 0.25) is 17.7 Å². The Kier molecular flexibility index (Phi) is 12.1. The number of aliphatic hydroxyl groups excluding tert-OH is 1. The Hall–Kier alpha value is -3.46. The number of carboxylic acids is 2. The summed E-state index contributed by atoms with van der Waals surface area (Å²) in [4.78, 5) is 61.0. The molecule has 15 nitrogen and oxygen atoms in total. The van der Waals surface area contributed by atoms with Crippen LogP contribution in [0.5, 0.6) is 0 Å². The van der Waals surface area contributed by atoms with Crippen LogP contribution in [-0.4, -0.2) is 88.8 Å². The monoisotopic (exact) mass is 433 g/mol. The zero-order valence-electron chi connectivity index (χ0n) is 16.0. The number of guanidine groups is 1. The minimum absolute atomic E-state index is 0.0124. The van der Waals surface area contributed by atoms with Crippen molar-refractivity contribution in [3.8, 4) is 0 Å². The highest BCUT2D eigenvalue weighted by Gasteiger charge is 2.26. The number of carbonyl (C=O) groups is 5. The summed E-state index contributed by atoms with van der Waals surface area (Å²) in [5.41, 5.74) is 15.6. The van der Waals surface area contributed by atoms with Gasteiger partial charge in [-0.25, -0.2) is 4.79 Å². The van der Waals surface area contributed by atoms with Crippen LogP contribution in [0.1, 0.15) is 19.3 Å². The lowest BCUT2D eigenvalue weighted by Crippen LogP contribution is -2.55. The molecule has 0 aromatic carbocycles. The Balaban J connectivity index is 4.63. The summed E-state index contributed by atoms with van der Waals surface area (Å²) in [6.45, 7) is -1.34. The van der Waals surface area contributed by atoms with E-state index in [0.29, 0.717) is 0 Å². The second-order valence-corrected chi connectivity index (χ2v) is 6.07. The smallest absolute Gasteiger partial charge is 0.326 e. The van der Waals surface area contributed by atoms with E-state index in [9.17, 15) is 34.2 Å². The molecule has 0 fully saturated rings. The fourth-order valence-corrected chi connectivity index (χ4v) is 2.05. The number of carboxylic acid groups (broad SMARTS) is 2. The van der Waals surface area contributed by atoms with Crippen molar-refractivity contribution in [2.24, 2.45) is 22.2 Å². The third-order valence-electron chi connectivity index (χ3n) is 3.55. The lowest BCUT2D eigenvalue weighted by atomic mass is 10.1. The predicted octanol–water partition coefficient (Wildman–Crippen LogP) is -5.00. The molecule has 0 aliphatic heterocycles. The Bertz CT molecular complexity index is 665. The van der Waals surface area contributed by atoms with Crippen LogP contribution >= 0.6 is 0 Å². The van der Waals surface area contributed by atoms with Crippen LogP contribution in [0.2, 0.25) is 0 Å². The molecule has 30 heavy (non-hydrogen) atoms. The van der Waals surface area contributed by atoms with Crippen LogP contribution in [0, 0.1) is 0 Å². The van der Waals surface area contributed by atoms with Crippen molar-refractivity contribution < 1.29 is 39.3 Å². The van der Waals surface area contributed by atoms with Gasteiger partial charge in [0.25, 0.3) is 0 Å². The molecular formula is C15H27N7O8. The van der Waals surface area contributed by atoms with E-state index < -0.39 is 67.4 Å². The van der Waals surface area contributed by atoms with E-state index in [-0.39, 0.29) is 25.3 Å². The molecule has 0 aromatic rings. The predicted molar refractivity (Wildman–Crippen MR) is 102 cm³/mol. The fraction of sp³-hybridized carbons (Fsp3) is 0.600. The molecule has 0 rings (SSSR count). The molecule has 0 spiro atoms. The number of aliphatic hydroxyl groups is 1. The molecule has 0 bridgehead atoms. The zero-order valence-corrected chi connectivity index (χ0v) is 16.0. The summed E-state index contributed by atoms with van der Waals surface area (Å²) < 4.78 is 0. The lowest BCUT2D eigenvalue weighted by molar-refractivity contribution is -0.142. The van der Waals surface area contributed by atoms with Crippen molar-refractivity contribution in [2.75, 3.05) is 19.7 Å². The minimum atomic E-state index is -1.48. The second-order valence-electron chi connectivity index (χ2n) is 6.07. The quantitative estimate of drug-likeness (QED) is 0.0710. The molecule has 0 saturated carbocycles. The van der Waals surface area contributed by atoms with Crippen LogP contribution in [0.15, 0.2) is 4.99 Å². The van der Waals surface area contributed by atoms with Crippen LogP contribution in [0.4, 0.5) is 0 Å². The molecule has 0 saturated heterocycles. The van der Waals surface area contributed by atoms with Gasteiger partial charge in [0.1, 0.15) is 12.1 Å². The summed E-state index contributed by atoms with van der Waals surface area (Å²) in [7, 11) is 0. The topological polar surface area (TPSA) is 273 Å². The number of aliphatic imine (C=N–C) groups is 1. The summed E-state index contributed by atoms with van der Waals surface area (Å²) in [6, 6.07) is -4.17. The van der Waals surface area contributed by atoms with E-state index in [1.807, 2.05) is 0 Å². The molecule has 3 unspecified atom stereocenters. The molecule has 170 valence electrons. The largest absolute Gasteiger partial charge is 0.481 e. The third-order valence-corrected chi connectivity index (χ3v) is 3.55. The van der Waals surface area contributed by atoms with Crippen molar-refractivity contribution in [3.63, 3.8) is 0 Å². The average molecular weight is 433 g/mol. The van der Waals surface area contributed by atoms with Crippen LogP contribution in [0.25, 0.3) is 0 Å².